The van der Waals surface area contributed by atoms with E-state index in [2.05, 4.69) is 16.8 Å². The molecule has 6 heteroatoms. The Morgan fingerprint density at radius 2 is 2.04 bits per heavy atom. The van der Waals surface area contributed by atoms with Crippen LogP contribution in [0.25, 0.3) is 11.7 Å². The molecule has 0 saturated heterocycles. The number of aryl methyl sites for hydroxylation is 1. The molecule has 2 aliphatic heterocycles. The highest BCUT2D eigenvalue weighted by atomic mass is 19.1. The van der Waals surface area contributed by atoms with Crippen LogP contribution in [0, 0.1) is 5.82 Å². The molecule has 2 aliphatic rings. The summed E-state index contributed by atoms with van der Waals surface area (Å²) in [6, 6.07) is 5.15. The van der Waals surface area contributed by atoms with Gasteiger partial charge in [-0.2, -0.15) is 0 Å². The van der Waals surface area contributed by atoms with Gasteiger partial charge in [0.2, 0.25) is 0 Å². The Bertz CT molecular complexity index is 1010. The first kappa shape index (κ1) is 14.5. The predicted octanol–water partition coefficient (Wildman–Crippen LogP) is 3.17. The van der Waals surface area contributed by atoms with E-state index in [1.54, 1.807) is 18.5 Å². The maximum atomic E-state index is 14.5. The van der Waals surface area contributed by atoms with Crippen molar-refractivity contribution in [1.82, 2.24) is 14.6 Å². The molecule has 2 aromatic heterocycles. The van der Waals surface area contributed by atoms with Crippen molar-refractivity contribution in [3.05, 3.63) is 59.3 Å². The molecule has 0 radical (unpaired) electrons. The van der Waals surface area contributed by atoms with Gasteiger partial charge >= 0.3 is 0 Å². The van der Waals surface area contributed by atoms with Crippen LogP contribution in [0.1, 0.15) is 28.3 Å². The molecule has 0 N–H and O–H groups in total. The normalized spacial score (nSPS) is 18.4. The second-order valence-corrected chi connectivity index (χ2v) is 6.40. The number of hydrogen-bond donors (Lipinski definition) is 0. The molecule has 5 rings (SSSR count). The molecular formula is C19H16FN3O2. The molecular weight excluding hydrogens is 321 g/mol. The zero-order valence-corrected chi connectivity index (χ0v) is 13.5. The zero-order valence-electron chi connectivity index (χ0n) is 13.5. The molecule has 3 aromatic rings. The van der Waals surface area contributed by atoms with Gasteiger partial charge in [-0.25, -0.2) is 4.39 Å². The molecule has 1 aromatic carbocycles. The van der Waals surface area contributed by atoms with Crippen LogP contribution in [0.2, 0.25) is 0 Å². The maximum Gasteiger partial charge on any atom is 0.168 e. The number of halogens is 1. The first-order chi connectivity index (χ1) is 12.3. The Labute approximate surface area is 143 Å². The Morgan fingerprint density at radius 1 is 1.20 bits per heavy atom. The summed E-state index contributed by atoms with van der Waals surface area (Å²) in [6.45, 7) is 4.81. The van der Waals surface area contributed by atoms with Crippen molar-refractivity contribution in [1.29, 1.82) is 0 Å². The van der Waals surface area contributed by atoms with Crippen LogP contribution in [0.4, 0.5) is 4.39 Å². The minimum absolute atomic E-state index is 0.0374. The summed E-state index contributed by atoms with van der Waals surface area (Å²) in [4.78, 5) is 0. The molecule has 4 heterocycles. The lowest BCUT2D eigenvalue weighted by Crippen LogP contribution is -2.13. The smallest absolute Gasteiger partial charge is 0.168 e. The molecule has 0 saturated carbocycles. The third-order valence-corrected chi connectivity index (χ3v) is 5.05. The third-order valence-electron chi connectivity index (χ3n) is 5.05. The van der Waals surface area contributed by atoms with E-state index in [1.165, 1.54) is 6.07 Å². The number of aromatic nitrogens is 3. The van der Waals surface area contributed by atoms with Crippen molar-refractivity contribution in [3.63, 3.8) is 0 Å². The number of benzene rings is 1. The second kappa shape index (κ2) is 5.31. The van der Waals surface area contributed by atoms with Gasteiger partial charge in [-0.1, -0.05) is 12.7 Å². The van der Waals surface area contributed by atoms with E-state index in [9.17, 15) is 4.39 Å². The lowest BCUT2D eigenvalue weighted by molar-refractivity contribution is 0.246. The Balaban J connectivity index is 1.69. The number of ether oxygens (including phenoxy) is 2. The lowest BCUT2D eigenvalue weighted by Gasteiger charge is -2.15. The van der Waals surface area contributed by atoms with Crippen molar-refractivity contribution < 1.29 is 13.9 Å². The molecule has 0 aliphatic carbocycles. The topological polar surface area (TPSA) is 48.7 Å². The van der Waals surface area contributed by atoms with E-state index < -0.39 is 0 Å². The van der Waals surface area contributed by atoms with Gasteiger partial charge in [0.25, 0.3) is 0 Å². The number of hydrogen-bond acceptors (Lipinski definition) is 4. The number of fused-ring (bicyclic) bond motifs is 3. The summed E-state index contributed by atoms with van der Waals surface area (Å²) < 4.78 is 28.3. The van der Waals surface area contributed by atoms with Crippen molar-refractivity contribution in [2.75, 3.05) is 13.2 Å². The van der Waals surface area contributed by atoms with Gasteiger partial charge in [-0.3, -0.25) is 4.40 Å². The summed E-state index contributed by atoms with van der Waals surface area (Å²) in [5.41, 5.74) is 4.23. The average Bonchev–Trinajstić information content (AvgIpc) is 3.26. The van der Waals surface area contributed by atoms with Gasteiger partial charge in [0, 0.05) is 11.1 Å². The number of pyridine rings is 1. The van der Waals surface area contributed by atoms with E-state index in [0.717, 1.165) is 39.5 Å². The van der Waals surface area contributed by atoms with E-state index in [4.69, 9.17) is 9.47 Å². The van der Waals surface area contributed by atoms with Crippen LogP contribution in [-0.2, 0) is 12.8 Å². The van der Waals surface area contributed by atoms with Crippen molar-refractivity contribution >= 4 is 11.7 Å². The van der Waals surface area contributed by atoms with Gasteiger partial charge in [-0.05, 0) is 36.6 Å². The summed E-state index contributed by atoms with van der Waals surface area (Å²) in [5, 5.41) is 8.18. The van der Waals surface area contributed by atoms with Crippen LogP contribution >= 0.6 is 0 Å². The van der Waals surface area contributed by atoms with Gasteiger partial charge in [0.15, 0.2) is 5.65 Å². The quantitative estimate of drug-likeness (QED) is 0.684. The molecule has 5 nitrogen and oxygen atoms in total. The van der Waals surface area contributed by atoms with Gasteiger partial charge in [0.1, 0.15) is 23.6 Å². The van der Waals surface area contributed by atoms with E-state index >= 15 is 0 Å². The van der Waals surface area contributed by atoms with Crippen LogP contribution in [0.5, 0.6) is 11.5 Å². The van der Waals surface area contributed by atoms with Crippen molar-refractivity contribution in [3.8, 4) is 11.5 Å². The molecule has 0 fully saturated rings. The standard InChI is InChI=1S/C19H16FN3O2/c1-2-11-7-17-15(23-10-21-22-19(11)23)5-3-13-14(20)4-6-16-18(13)12(8-24-16)9-25-17/h2,4,6-7,10,12H,1,3,5,8-9H2/t12-/m1/s1. The maximum absolute atomic E-state index is 14.5. The van der Waals surface area contributed by atoms with Crippen LogP contribution < -0.4 is 9.47 Å². The molecule has 126 valence electrons. The summed E-state index contributed by atoms with van der Waals surface area (Å²) in [5.74, 6) is 1.40. The second-order valence-electron chi connectivity index (χ2n) is 6.40. The highest BCUT2D eigenvalue weighted by molar-refractivity contribution is 5.67. The monoisotopic (exact) mass is 337 g/mol. The number of rotatable bonds is 1. The average molecular weight is 337 g/mol. The van der Waals surface area contributed by atoms with Crippen LogP contribution in [0.15, 0.2) is 31.1 Å². The largest absolute Gasteiger partial charge is 0.493 e. The molecule has 1 atom stereocenters. The van der Waals surface area contributed by atoms with E-state index in [1.807, 2.05) is 10.5 Å². The van der Waals surface area contributed by atoms with E-state index in [-0.39, 0.29) is 11.7 Å². The van der Waals surface area contributed by atoms with Crippen molar-refractivity contribution in [2.24, 2.45) is 0 Å². The Morgan fingerprint density at radius 3 is 2.88 bits per heavy atom. The Kier molecular flexibility index (Phi) is 3.07. The minimum atomic E-state index is -0.180. The highest BCUT2D eigenvalue weighted by Crippen LogP contribution is 2.40. The molecule has 0 bridgehead atoms. The van der Waals surface area contributed by atoms with Crippen molar-refractivity contribution in [2.45, 2.75) is 18.8 Å². The molecule has 0 amide bonds. The number of nitrogens with zero attached hydrogens (tertiary/aromatic N) is 3. The fourth-order valence-corrected chi connectivity index (χ4v) is 3.84. The summed E-state index contributed by atoms with van der Waals surface area (Å²) >= 11 is 0. The van der Waals surface area contributed by atoms with Gasteiger partial charge in [0.05, 0.1) is 24.8 Å². The van der Waals surface area contributed by atoms with Crippen LogP contribution in [-0.4, -0.2) is 27.8 Å². The van der Waals surface area contributed by atoms with Gasteiger partial charge in [-0.15, -0.1) is 10.2 Å². The minimum Gasteiger partial charge on any atom is -0.493 e. The first-order valence-electron chi connectivity index (χ1n) is 8.31. The van der Waals surface area contributed by atoms with Gasteiger partial charge < -0.3 is 9.47 Å². The molecule has 0 unspecified atom stereocenters. The fourth-order valence-electron chi connectivity index (χ4n) is 3.84. The SMILES string of the molecule is C=Cc1cc2c(n3cnnc13)CCc1c(F)ccc3c1[C@H](CO3)CO2. The summed E-state index contributed by atoms with van der Waals surface area (Å²) in [7, 11) is 0. The van der Waals surface area contributed by atoms with Crippen LogP contribution in [0.3, 0.4) is 0 Å². The van der Waals surface area contributed by atoms with E-state index in [0.29, 0.717) is 26.1 Å². The third kappa shape index (κ3) is 2.06. The highest BCUT2D eigenvalue weighted by Gasteiger charge is 2.31. The zero-order chi connectivity index (χ0) is 17.0. The predicted molar refractivity (Wildman–Crippen MR) is 90.6 cm³/mol. The first-order valence-corrected chi connectivity index (χ1v) is 8.31. The Hall–Kier alpha value is -2.89. The lowest BCUT2D eigenvalue weighted by atomic mass is 9.93. The molecule has 25 heavy (non-hydrogen) atoms. The summed E-state index contributed by atoms with van der Waals surface area (Å²) in [6.07, 6.45) is 4.61. The molecule has 0 spiro atoms. The fraction of sp³-hybridized carbons (Fsp3) is 0.263.